The highest BCUT2D eigenvalue weighted by Gasteiger charge is 2.76. The van der Waals surface area contributed by atoms with Gasteiger partial charge in [0.1, 0.15) is 17.7 Å². The highest BCUT2D eigenvalue weighted by atomic mass is 16.6. The molecule has 9 nitrogen and oxygen atoms in total. The van der Waals surface area contributed by atoms with E-state index >= 15 is 0 Å². The van der Waals surface area contributed by atoms with Gasteiger partial charge in [-0.3, -0.25) is 9.69 Å². The number of carbonyl (C=O) groups excluding carboxylic acids is 3. The highest BCUT2D eigenvalue weighted by Crippen LogP contribution is 2.71. The SMILES string of the molecule is CC1=C[C@]23C(=O)[C@@H](C=C(CO)[C@@H](O)[C@]2(O)[C@H]1OC(=O)C1N(C(=O)OC(C)(C)C)CCC1(C)C)[C@H]1[C@@H](C[C@H]3C)C1(C)C. The zero-order valence-electron chi connectivity index (χ0n) is 25.9. The molecule has 3 N–H and O–H groups in total. The fourth-order valence-corrected chi connectivity index (χ4v) is 8.83. The molecule has 9 atom stereocenters. The van der Waals surface area contributed by atoms with E-state index < -0.39 is 64.9 Å². The van der Waals surface area contributed by atoms with E-state index in [-0.39, 0.29) is 34.5 Å². The summed E-state index contributed by atoms with van der Waals surface area (Å²) in [6.45, 7) is 16.7. The molecular formula is C32H47NO8. The summed E-state index contributed by atoms with van der Waals surface area (Å²) >= 11 is 0. The third kappa shape index (κ3) is 4.08. The number of likely N-dealkylation sites (tertiary alicyclic amines) is 1. The average Bonchev–Trinajstić information content (AvgIpc) is 3.14. The Balaban J connectivity index is 1.55. The molecule has 0 radical (unpaired) electrons. The normalized spacial score (nSPS) is 42.3. The van der Waals surface area contributed by atoms with Gasteiger partial charge in [0.25, 0.3) is 0 Å². The second kappa shape index (κ2) is 9.13. The number of hydrogen-bond donors (Lipinski definition) is 3. The van der Waals surface area contributed by atoms with Crippen LogP contribution in [0.3, 0.4) is 0 Å². The molecule has 1 saturated heterocycles. The standard InChI is InChI=1S/C32H47NO8/c1-16-14-31-17(2)12-20-21(30(20,8)9)19(24(31)36)13-18(15-34)23(35)32(31,39)25(16)40-26(37)22-29(6,7)10-11-33(22)27(38)41-28(3,4)5/h13-14,17,19-23,25,34-35,39H,10-12,15H2,1-9H3/t17-,19+,20-,21+,22?,23-,25+,31+,32+/m1/s1. The van der Waals surface area contributed by atoms with Crippen LogP contribution < -0.4 is 0 Å². The van der Waals surface area contributed by atoms with Crippen molar-refractivity contribution >= 4 is 17.8 Å². The molecule has 2 saturated carbocycles. The van der Waals surface area contributed by atoms with Crippen molar-refractivity contribution < 1.29 is 39.2 Å². The summed E-state index contributed by atoms with van der Waals surface area (Å²) in [6.07, 6.45) is 0.944. The second-order valence-corrected chi connectivity index (χ2v) is 15.5. The summed E-state index contributed by atoms with van der Waals surface area (Å²) < 4.78 is 11.7. The number of esters is 1. The van der Waals surface area contributed by atoms with Crippen LogP contribution in [0.2, 0.25) is 0 Å². The van der Waals surface area contributed by atoms with Crippen LogP contribution in [0.1, 0.15) is 75.2 Å². The molecule has 5 aliphatic rings. The molecule has 228 valence electrons. The summed E-state index contributed by atoms with van der Waals surface area (Å²) in [7, 11) is 0. The number of ether oxygens (including phenoxy) is 2. The molecular weight excluding hydrogens is 526 g/mol. The lowest BCUT2D eigenvalue weighted by Gasteiger charge is -2.49. The fraction of sp³-hybridized carbons (Fsp3) is 0.781. The number of nitrogens with zero attached hydrogens (tertiary/aromatic N) is 1. The lowest BCUT2D eigenvalue weighted by atomic mass is 9.59. The Labute approximate surface area is 242 Å². The Kier molecular flexibility index (Phi) is 6.74. The first kappa shape index (κ1) is 30.2. The molecule has 1 heterocycles. The molecule has 3 fully saturated rings. The third-order valence-corrected chi connectivity index (χ3v) is 11.0. The number of amides is 1. The van der Waals surface area contributed by atoms with Crippen molar-refractivity contribution in [3.05, 3.63) is 23.3 Å². The first-order chi connectivity index (χ1) is 18.8. The average molecular weight is 574 g/mol. The van der Waals surface area contributed by atoms with Crippen molar-refractivity contribution in [2.75, 3.05) is 13.2 Å². The number of hydrogen-bond acceptors (Lipinski definition) is 8. The van der Waals surface area contributed by atoms with Gasteiger partial charge in [-0.05, 0) is 80.3 Å². The molecule has 0 aromatic heterocycles. The van der Waals surface area contributed by atoms with Gasteiger partial charge >= 0.3 is 12.1 Å². The zero-order chi connectivity index (χ0) is 30.7. The maximum atomic E-state index is 14.6. The van der Waals surface area contributed by atoms with Crippen molar-refractivity contribution in [3.63, 3.8) is 0 Å². The van der Waals surface area contributed by atoms with Crippen molar-refractivity contribution in [3.8, 4) is 0 Å². The predicted molar refractivity (Wildman–Crippen MR) is 150 cm³/mol. The monoisotopic (exact) mass is 573 g/mol. The number of fused-ring (bicyclic) bond motifs is 3. The van der Waals surface area contributed by atoms with Crippen LogP contribution in [-0.4, -0.2) is 80.7 Å². The van der Waals surface area contributed by atoms with Crippen LogP contribution >= 0.6 is 0 Å². The highest BCUT2D eigenvalue weighted by molar-refractivity contribution is 5.95. The van der Waals surface area contributed by atoms with Gasteiger partial charge in [-0.25, -0.2) is 9.59 Å². The van der Waals surface area contributed by atoms with Gasteiger partial charge in [-0.1, -0.05) is 46.8 Å². The zero-order valence-corrected chi connectivity index (χ0v) is 25.9. The number of aliphatic hydroxyl groups excluding tert-OH is 2. The van der Waals surface area contributed by atoms with Crippen LogP contribution in [0.15, 0.2) is 23.3 Å². The second-order valence-electron chi connectivity index (χ2n) is 15.5. The molecule has 1 aliphatic heterocycles. The van der Waals surface area contributed by atoms with E-state index in [1.165, 1.54) is 4.90 Å². The number of aliphatic hydroxyl groups is 3. The summed E-state index contributed by atoms with van der Waals surface area (Å²) in [5.41, 5.74) is -4.61. The van der Waals surface area contributed by atoms with Crippen molar-refractivity contribution in [2.45, 2.75) is 105 Å². The van der Waals surface area contributed by atoms with E-state index in [4.69, 9.17) is 9.47 Å². The maximum Gasteiger partial charge on any atom is 0.411 e. The fourth-order valence-electron chi connectivity index (χ4n) is 8.83. The Morgan fingerprint density at radius 2 is 1.80 bits per heavy atom. The third-order valence-electron chi connectivity index (χ3n) is 11.0. The minimum absolute atomic E-state index is 0.0323. The summed E-state index contributed by atoms with van der Waals surface area (Å²) in [4.78, 5) is 43.0. The lowest BCUT2D eigenvalue weighted by molar-refractivity contribution is -0.206. The molecule has 0 aromatic carbocycles. The van der Waals surface area contributed by atoms with Crippen molar-refractivity contribution in [2.24, 2.45) is 39.9 Å². The van der Waals surface area contributed by atoms with Crippen LogP contribution in [0.5, 0.6) is 0 Å². The van der Waals surface area contributed by atoms with Crippen LogP contribution in [0, 0.1) is 39.9 Å². The van der Waals surface area contributed by atoms with E-state index in [1.807, 2.05) is 20.8 Å². The van der Waals surface area contributed by atoms with Crippen LogP contribution in [0.4, 0.5) is 4.79 Å². The number of carbonyl (C=O) groups is 3. The molecule has 0 aromatic rings. The summed E-state index contributed by atoms with van der Waals surface area (Å²) in [5, 5.41) is 34.8. The Morgan fingerprint density at radius 1 is 1.17 bits per heavy atom. The number of rotatable bonds is 3. The first-order valence-corrected chi connectivity index (χ1v) is 14.9. The molecule has 1 unspecified atom stereocenters. The van der Waals surface area contributed by atoms with Gasteiger partial charge in [0, 0.05) is 12.5 Å². The molecule has 1 spiro atoms. The van der Waals surface area contributed by atoms with Gasteiger partial charge in [0.15, 0.2) is 17.5 Å². The quantitative estimate of drug-likeness (QED) is 0.346. The van der Waals surface area contributed by atoms with Gasteiger partial charge in [-0.2, -0.15) is 0 Å². The molecule has 2 bridgehead atoms. The van der Waals surface area contributed by atoms with Crippen LogP contribution in [-0.2, 0) is 19.1 Å². The molecule has 41 heavy (non-hydrogen) atoms. The molecule has 4 aliphatic carbocycles. The first-order valence-electron chi connectivity index (χ1n) is 14.9. The molecule has 9 heteroatoms. The maximum absolute atomic E-state index is 14.6. The Hall–Kier alpha value is -2.23. The van der Waals surface area contributed by atoms with E-state index in [0.29, 0.717) is 25.0 Å². The van der Waals surface area contributed by atoms with Gasteiger partial charge in [-0.15, -0.1) is 0 Å². The van der Waals surface area contributed by atoms with Crippen molar-refractivity contribution in [1.29, 1.82) is 0 Å². The van der Waals surface area contributed by atoms with E-state index in [2.05, 4.69) is 13.8 Å². The number of Topliss-reactive ketones (excluding diaryl/α,β-unsaturated/α-hetero) is 1. The smallest absolute Gasteiger partial charge is 0.411 e. The molecule has 1 amide bonds. The Bertz CT molecular complexity index is 1230. The van der Waals surface area contributed by atoms with Crippen LogP contribution in [0.25, 0.3) is 0 Å². The minimum atomic E-state index is -2.23. The largest absolute Gasteiger partial charge is 0.453 e. The minimum Gasteiger partial charge on any atom is -0.453 e. The van der Waals surface area contributed by atoms with Gasteiger partial charge < -0.3 is 24.8 Å². The lowest BCUT2D eigenvalue weighted by Crippen LogP contribution is -2.66. The Morgan fingerprint density at radius 3 is 2.39 bits per heavy atom. The predicted octanol–water partition coefficient (Wildman–Crippen LogP) is 3.40. The number of ketones is 1. The van der Waals surface area contributed by atoms with E-state index in [1.54, 1.807) is 39.8 Å². The van der Waals surface area contributed by atoms with Crippen molar-refractivity contribution in [1.82, 2.24) is 4.90 Å². The number of allylic oxidation sites excluding steroid dienone is 1. The summed E-state index contributed by atoms with van der Waals surface area (Å²) in [6, 6.07) is -0.996. The topological polar surface area (TPSA) is 134 Å². The van der Waals surface area contributed by atoms with E-state index in [0.717, 1.165) is 0 Å². The van der Waals surface area contributed by atoms with Gasteiger partial charge in [0.2, 0.25) is 0 Å². The van der Waals surface area contributed by atoms with Gasteiger partial charge in [0.05, 0.1) is 12.0 Å². The summed E-state index contributed by atoms with van der Waals surface area (Å²) in [5.74, 6) is -1.60. The van der Waals surface area contributed by atoms with E-state index in [9.17, 15) is 29.7 Å². The molecule has 5 rings (SSSR count).